The number of carbonyl (C=O) groups is 3. The smallest absolute Gasteiger partial charge is 0.479 e. The van der Waals surface area contributed by atoms with Gasteiger partial charge in [0.25, 0.3) is 5.91 Å². The van der Waals surface area contributed by atoms with Crippen LogP contribution in [0.4, 0.5) is 13.2 Å². The Hall–Kier alpha value is -2.37. The maximum Gasteiger partial charge on any atom is 0.522 e. The molecule has 12 heteroatoms. The number of amides is 2. The number of nitrogens with one attached hydrogen (secondary N) is 2. The third-order valence-electron chi connectivity index (χ3n) is 7.21. The number of Topliss-reactive ketones (excluding diaryl/α,β-unsaturated/α-hetero) is 1. The third-order valence-corrected chi connectivity index (χ3v) is 7.44. The molecular formula is C23H24ClF3N2O6. The lowest BCUT2D eigenvalue weighted by Crippen LogP contribution is -2.66. The minimum atomic E-state index is -4.67. The molecule has 2 amide bonds. The molecule has 1 heterocycles. The number of hydrogen-bond donors (Lipinski definition) is 2. The molecule has 0 aromatic heterocycles. The molecule has 190 valence electrons. The van der Waals surface area contributed by atoms with Crippen LogP contribution in [0.15, 0.2) is 18.2 Å². The largest absolute Gasteiger partial charge is 0.522 e. The standard InChI is InChI=1S/C23H24ClF3N2O6/c24-12-1-2-17-15(5-12)16(30)8-18(34-17)20(32)29-22-4-3-21(10-22,11-22)28-19(31)9-33-13-6-14(7-13)35-23(25,26)27/h1-2,5,13-14,18H,3-4,6-11H2,(H,28,31)(H,29,32)/t13?,14?,18-,21?,22?/m1/s1. The molecule has 1 aliphatic heterocycles. The Morgan fingerprint density at radius 3 is 2.49 bits per heavy atom. The number of benzene rings is 1. The third kappa shape index (κ3) is 5.12. The molecule has 0 unspecified atom stereocenters. The summed E-state index contributed by atoms with van der Waals surface area (Å²) in [6, 6.07) is 4.69. The van der Waals surface area contributed by atoms with Crippen LogP contribution < -0.4 is 15.4 Å². The van der Waals surface area contributed by atoms with E-state index in [2.05, 4.69) is 15.4 Å². The van der Waals surface area contributed by atoms with Crippen molar-refractivity contribution < 1.29 is 41.8 Å². The van der Waals surface area contributed by atoms with Crippen molar-refractivity contribution in [1.82, 2.24) is 10.6 Å². The summed E-state index contributed by atoms with van der Waals surface area (Å²) in [5.74, 6) is -0.600. The molecule has 4 saturated carbocycles. The van der Waals surface area contributed by atoms with Gasteiger partial charge in [-0.2, -0.15) is 0 Å². The van der Waals surface area contributed by atoms with Gasteiger partial charge in [0, 0.05) is 28.9 Å². The molecule has 1 aromatic carbocycles. The van der Waals surface area contributed by atoms with Crippen LogP contribution >= 0.6 is 11.6 Å². The highest BCUT2D eigenvalue weighted by molar-refractivity contribution is 6.31. The zero-order valence-corrected chi connectivity index (χ0v) is 19.3. The summed E-state index contributed by atoms with van der Waals surface area (Å²) in [5, 5.41) is 6.38. The van der Waals surface area contributed by atoms with Crippen molar-refractivity contribution in [1.29, 1.82) is 0 Å². The van der Waals surface area contributed by atoms with Crippen LogP contribution in [-0.2, 0) is 19.1 Å². The van der Waals surface area contributed by atoms with Gasteiger partial charge in [-0.15, -0.1) is 13.2 Å². The van der Waals surface area contributed by atoms with E-state index in [1.165, 1.54) is 6.07 Å². The Bertz CT molecular complexity index is 1050. The number of alkyl halides is 3. The van der Waals surface area contributed by atoms with Gasteiger partial charge in [0.15, 0.2) is 11.9 Å². The first-order valence-corrected chi connectivity index (χ1v) is 11.8. The van der Waals surface area contributed by atoms with E-state index in [1.807, 2.05) is 0 Å². The van der Waals surface area contributed by atoms with Crippen LogP contribution in [0.5, 0.6) is 5.75 Å². The van der Waals surface area contributed by atoms with Crippen molar-refractivity contribution in [3.63, 3.8) is 0 Å². The Labute approximate surface area is 203 Å². The molecule has 4 aliphatic carbocycles. The second-order valence-corrected chi connectivity index (χ2v) is 10.4. The molecule has 2 N–H and O–H groups in total. The van der Waals surface area contributed by atoms with E-state index in [0.717, 1.165) is 0 Å². The molecule has 1 atom stereocenters. The first-order valence-electron chi connectivity index (χ1n) is 11.4. The van der Waals surface area contributed by atoms with Gasteiger partial charge >= 0.3 is 6.36 Å². The lowest BCUT2D eigenvalue weighted by atomic mass is 9.71. The summed E-state index contributed by atoms with van der Waals surface area (Å²) in [6.07, 6.45) is -4.41. The number of hydrogen-bond acceptors (Lipinski definition) is 6. The van der Waals surface area contributed by atoms with Gasteiger partial charge in [-0.3, -0.25) is 19.1 Å². The van der Waals surface area contributed by atoms with Crippen LogP contribution in [0.3, 0.4) is 0 Å². The number of ketones is 1. The first kappa shape index (κ1) is 24.3. The molecule has 0 radical (unpaired) electrons. The molecule has 6 rings (SSSR count). The average molecular weight is 517 g/mol. The van der Waals surface area contributed by atoms with E-state index in [1.54, 1.807) is 12.1 Å². The van der Waals surface area contributed by atoms with E-state index in [0.29, 0.717) is 42.0 Å². The molecular weight excluding hydrogens is 493 g/mol. The maximum atomic E-state index is 12.9. The molecule has 8 nitrogen and oxygen atoms in total. The van der Waals surface area contributed by atoms with Crippen LogP contribution in [0.25, 0.3) is 0 Å². The minimum Gasteiger partial charge on any atom is -0.479 e. The van der Waals surface area contributed by atoms with Crippen molar-refractivity contribution in [2.45, 2.75) is 80.7 Å². The van der Waals surface area contributed by atoms with E-state index in [-0.39, 0.29) is 43.5 Å². The van der Waals surface area contributed by atoms with E-state index < -0.39 is 35.8 Å². The SMILES string of the molecule is O=C(COC1CC(OC(F)(F)F)C1)NC12CCC(NC(=O)[C@H]3CC(=O)c4cc(Cl)ccc4O3)(C1)C2. The van der Waals surface area contributed by atoms with E-state index in [9.17, 15) is 27.6 Å². The number of rotatable bonds is 7. The number of fused-ring (bicyclic) bond motifs is 2. The van der Waals surface area contributed by atoms with Crippen molar-refractivity contribution in [3.8, 4) is 5.75 Å². The predicted molar refractivity (Wildman–Crippen MR) is 115 cm³/mol. The summed E-state index contributed by atoms with van der Waals surface area (Å²) in [7, 11) is 0. The molecule has 0 saturated heterocycles. The van der Waals surface area contributed by atoms with Gasteiger partial charge in [0.1, 0.15) is 12.4 Å². The lowest BCUT2D eigenvalue weighted by Gasteiger charge is -2.48. The van der Waals surface area contributed by atoms with E-state index >= 15 is 0 Å². The fraction of sp³-hybridized carbons (Fsp3) is 0.609. The summed E-state index contributed by atoms with van der Waals surface area (Å²) in [4.78, 5) is 37.6. The van der Waals surface area contributed by atoms with Gasteiger partial charge in [-0.25, -0.2) is 0 Å². The van der Waals surface area contributed by atoms with Gasteiger partial charge < -0.3 is 20.1 Å². The van der Waals surface area contributed by atoms with Crippen LogP contribution in [0, 0.1) is 0 Å². The summed E-state index contributed by atoms with van der Waals surface area (Å²) < 4.78 is 51.5. The molecule has 35 heavy (non-hydrogen) atoms. The van der Waals surface area contributed by atoms with Crippen LogP contribution in [-0.4, -0.2) is 60.0 Å². The second kappa shape index (κ2) is 8.63. The fourth-order valence-electron chi connectivity index (χ4n) is 5.63. The molecule has 5 aliphatic rings. The molecule has 0 spiro atoms. The fourth-order valence-corrected chi connectivity index (χ4v) is 5.80. The zero-order valence-electron chi connectivity index (χ0n) is 18.6. The Balaban J connectivity index is 1.06. The highest BCUT2D eigenvalue weighted by atomic mass is 35.5. The summed E-state index contributed by atoms with van der Waals surface area (Å²) in [5.41, 5.74) is -0.547. The highest BCUT2D eigenvalue weighted by Crippen LogP contribution is 2.55. The van der Waals surface area contributed by atoms with Gasteiger partial charge in [-0.05, 0) is 43.9 Å². The highest BCUT2D eigenvalue weighted by Gasteiger charge is 2.62. The van der Waals surface area contributed by atoms with Gasteiger partial charge in [-0.1, -0.05) is 11.6 Å². The van der Waals surface area contributed by atoms with Crippen molar-refractivity contribution in [2.24, 2.45) is 0 Å². The van der Waals surface area contributed by atoms with Crippen molar-refractivity contribution >= 4 is 29.2 Å². The quantitative estimate of drug-likeness (QED) is 0.577. The zero-order chi connectivity index (χ0) is 25.0. The van der Waals surface area contributed by atoms with Crippen LogP contribution in [0.2, 0.25) is 5.02 Å². The summed E-state index contributed by atoms with van der Waals surface area (Å²) >= 11 is 5.93. The first-order chi connectivity index (χ1) is 16.4. The minimum absolute atomic E-state index is 0.0789. The van der Waals surface area contributed by atoms with Gasteiger partial charge in [0.05, 0.1) is 24.2 Å². The summed E-state index contributed by atoms with van der Waals surface area (Å²) in [6.45, 7) is -0.244. The Morgan fingerprint density at radius 2 is 1.80 bits per heavy atom. The van der Waals surface area contributed by atoms with E-state index in [4.69, 9.17) is 21.1 Å². The topological polar surface area (TPSA) is 103 Å². The second-order valence-electron chi connectivity index (χ2n) is 9.92. The van der Waals surface area contributed by atoms with Gasteiger partial charge in [0.2, 0.25) is 5.91 Å². The molecule has 4 fully saturated rings. The average Bonchev–Trinajstić information content (AvgIpc) is 3.23. The monoisotopic (exact) mass is 516 g/mol. The van der Waals surface area contributed by atoms with Crippen molar-refractivity contribution in [3.05, 3.63) is 28.8 Å². The number of carbonyl (C=O) groups excluding carboxylic acids is 3. The maximum absolute atomic E-state index is 12.9. The van der Waals surface area contributed by atoms with Crippen LogP contribution in [0.1, 0.15) is 55.3 Å². The normalized spacial score (nSPS) is 33.1. The predicted octanol–water partition coefficient (Wildman–Crippen LogP) is 3.06. The molecule has 2 bridgehead atoms. The Morgan fingerprint density at radius 1 is 1.11 bits per heavy atom. The lowest BCUT2D eigenvalue weighted by molar-refractivity contribution is -0.357. The van der Waals surface area contributed by atoms with Crippen molar-refractivity contribution in [2.75, 3.05) is 6.61 Å². The molecule has 1 aromatic rings. The Kier molecular flexibility index (Phi) is 6.00. The number of ether oxygens (including phenoxy) is 3. The number of halogens is 4.